The van der Waals surface area contributed by atoms with Gasteiger partial charge in [0.05, 0.1) is 11.8 Å². The van der Waals surface area contributed by atoms with Crippen LogP contribution in [0.25, 0.3) is 11.1 Å². The average Bonchev–Trinajstić information content (AvgIpc) is 3.08. The molecule has 0 aliphatic carbocycles. The quantitative estimate of drug-likeness (QED) is 0.596. The number of aromatic nitrogens is 2. The third-order valence-electron chi connectivity index (χ3n) is 6.33. The summed E-state index contributed by atoms with van der Waals surface area (Å²) in [5, 5.41) is 7.25. The van der Waals surface area contributed by atoms with E-state index in [0.717, 1.165) is 59.9 Å². The number of benzene rings is 1. The zero-order chi connectivity index (χ0) is 22.2. The van der Waals surface area contributed by atoms with Crippen LogP contribution in [0.5, 0.6) is 0 Å². The van der Waals surface area contributed by atoms with E-state index in [-0.39, 0.29) is 12.0 Å². The van der Waals surface area contributed by atoms with Gasteiger partial charge in [-0.1, -0.05) is 17.7 Å². The van der Waals surface area contributed by atoms with Crippen molar-refractivity contribution in [3.8, 4) is 11.1 Å². The molecule has 3 aromatic rings. The van der Waals surface area contributed by atoms with Crippen LogP contribution in [0, 0.1) is 6.92 Å². The standard InChI is InChI=1S/C24H26ClN5O2/c1-15-18(25)4-3-5-19(15)28-22-21(16-6-8-26-9-7-16)20(14-29-12-17(13-29)32-2)30-11-10-27-24(31)23(22)30/h3-9,17,28H,10-14H2,1-2H3,(H,27,31). The fourth-order valence-corrected chi connectivity index (χ4v) is 4.70. The summed E-state index contributed by atoms with van der Waals surface area (Å²) < 4.78 is 7.63. The first kappa shape index (κ1) is 21.0. The first-order valence-electron chi connectivity index (χ1n) is 10.8. The molecule has 0 bridgehead atoms. The number of carbonyl (C=O) groups excluding carboxylic acids is 1. The van der Waals surface area contributed by atoms with Crippen molar-refractivity contribution < 1.29 is 9.53 Å². The molecule has 0 saturated carbocycles. The lowest BCUT2D eigenvalue weighted by Crippen LogP contribution is -2.51. The summed E-state index contributed by atoms with van der Waals surface area (Å²) in [5.74, 6) is -0.0710. The number of halogens is 1. The van der Waals surface area contributed by atoms with Crippen LogP contribution in [0.2, 0.25) is 5.02 Å². The highest BCUT2D eigenvalue weighted by Crippen LogP contribution is 2.41. The van der Waals surface area contributed by atoms with Crippen LogP contribution in [0.15, 0.2) is 42.7 Å². The Labute approximate surface area is 192 Å². The number of methoxy groups -OCH3 is 1. The number of pyridine rings is 1. The van der Waals surface area contributed by atoms with Crippen molar-refractivity contribution in [1.82, 2.24) is 19.8 Å². The normalized spacial score (nSPS) is 16.4. The molecule has 2 aliphatic heterocycles. The second-order valence-corrected chi connectivity index (χ2v) is 8.69. The molecular weight excluding hydrogens is 426 g/mol. The minimum atomic E-state index is -0.0710. The van der Waals surface area contributed by atoms with Crippen molar-refractivity contribution in [2.75, 3.05) is 32.1 Å². The SMILES string of the molecule is COC1CN(Cc2c(-c3ccncc3)c(Nc3cccc(Cl)c3C)c3n2CCNC3=O)C1. The highest BCUT2D eigenvalue weighted by atomic mass is 35.5. The Kier molecular flexibility index (Phi) is 5.63. The molecule has 166 valence electrons. The highest BCUT2D eigenvalue weighted by Gasteiger charge is 2.34. The first-order valence-corrected chi connectivity index (χ1v) is 11.2. The molecule has 1 saturated heterocycles. The Morgan fingerprint density at radius 3 is 2.78 bits per heavy atom. The number of rotatable bonds is 6. The maximum absolute atomic E-state index is 13.1. The van der Waals surface area contributed by atoms with E-state index in [1.807, 2.05) is 37.3 Å². The Hall–Kier alpha value is -2.87. The van der Waals surface area contributed by atoms with Gasteiger partial charge in [0.1, 0.15) is 5.69 Å². The molecule has 0 radical (unpaired) electrons. The fourth-order valence-electron chi connectivity index (χ4n) is 4.52. The van der Waals surface area contributed by atoms with E-state index in [4.69, 9.17) is 16.3 Å². The molecule has 0 unspecified atom stereocenters. The number of hydrogen-bond donors (Lipinski definition) is 2. The number of nitrogens with zero attached hydrogens (tertiary/aromatic N) is 3. The molecule has 1 aromatic carbocycles. The molecule has 0 spiro atoms. The number of hydrogen-bond acceptors (Lipinski definition) is 5. The number of ether oxygens (including phenoxy) is 1. The molecule has 8 heteroatoms. The molecule has 5 rings (SSSR count). The Bertz CT molecular complexity index is 1150. The molecule has 7 nitrogen and oxygen atoms in total. The minimum Gasteiger partial charge on any atom is -0.379 e. The number of fused-ring (bicyclic) bond motifs is 1. The van der Waals surface area contributed by atoms with Crippen LogP contribution in [-0.4, -0.2) is 53.2 Å². The van der Waals surface area contributed by atoms with Crippen molar-refractivity contribution >= 4 is 28.9 Å². The average molecular weight is 452 g/mol. The van der Waals surface area contributed by atoms with Gasteiger partial charge in [-0.25, -0.2) is 0 Å². The summed E-state index contributed by atoms with van der Waals surface area (Å²) in [5.41, 5.74) is 6.46. The summed E-state index contributed by atoms with van der Waals surface area (Å²) in [6, 6.07) is 9.76. The van der Waals surface area contributed by atoms with Crippen LogP contribution in [0.1, 0.15) is 21.7 Å². The predicted octanol–water partition coefficient (Wildman–Crippen LogP) is 3.83. The van der Waals surface area contributed by atoms with Gasteiger partial charge in [0.2, 0.25) is 0 Å². The van der Waals surface area contributed by atoms with Gasteiger partial charge in [-0.3, -0.25) is 14.7 Å². The van der Waals surface area contributed by atoms with E-state index in [1.54, 1.807) is 19.5 Å². The van der Waals surface area contributed by atoms with Gasteiger partial charge in [-0.05, 0) is 42.3 Å². The third-order valence-corrected chi connectivity index (χ3v) is 6.74. The maximum atomic E-state index is 13.1. The Morgan fingerprint density at radius 1 is 1.25 bits per heavy atom. The number of amides is 1. The van der Waals surface area contributed by atoms with E-state index >= 15 is 0 Å². The second kappa shape index (κ2) is 8.58. The summed E-state index contributed by atoms with van der Waals surface area (Å²) in [6.45, 7) is 5.83. The third kappa shape index (κ3) is 3.66. The molecule has 1 amide bonds. The summed E-state index contributed by atoms with van der Waals surface area (Å²) in [4.78, 5) is 19.6. The molecule has 32 heavy (non-hydrogen) atoms. The van der Waals surface area contributed by atoms with E-state index in [0.29, 0.717) is 17.3 Å². The summed E-state index contributed by atoms with van der Waals surface area (Å²) in [6.07, 6.45) is 3.84. The number of likely N-dealkylation sites (tertiary alicyclic amines) is 1. The molecule has 2 N–H and O–H groups in total. The van der Waals surface area contributed by atoms with Crippen molar-refractivity contribution in [1.29, 1.82) is 0 Å². The number of nitrogens with one attached hydrogen (secondary N) is 2. The van der Waals surface area contributed by atoms with E-state index in [9.17, 15) is 4.79 Å². The van der Waals surface area contributed by atoms with Gasteiger partial charge in [-0.15, -0.1) is 0 Å². The van der Waals surface area contributed by atoms with Gasteiger partial charge in [-0.2, -0.15) is 0 Å². The first-order chi connectivity index (χ1) is 15.6. The second-order valence-electron chi connectivity index (χ2n) is 8.28. The largest absolute Gasteiger partial charge is 0.379 e. The van der Waals surface area contributed by atoms with Crippen LogP contribution in [-0.2, 0) is 17.8 Å². The smallest absolute Gasteiger partial charge is 0.270 e. The van der Waals surface area contributed by atoms with Crippen molar-refractivity contribution in [3.05, 3.63) is 64.7 Å². The minimum absolute atomic E-state index is 0.0710. The topological polar surface area (TPSA) is 71.4 Å². The van der Waals surface area contributed by atoms with Crippen molar-refractivity contribution in [2.24, 2.45) is 0 Å². The van der Waals surface area contributed by atoms with E-state index in [1.165, 1.54) is 0 Å². The summed E-state index contributed by atoms with van der Waals surface area (Å²) >= 11 is 6.39. The van der Waals surface area contributed by atoms with E-state index < -0.39 is 0 Å². The molecule has 4 heterocycles. The zero-order valence-electron chi connectivity index (χ0n) is 18.2. The molecule has 1 fully saturated rings. The maximum Gasteiger partial charge on any atom is 0.270 e. The lowest BCUT2D eigenvalue weighted by molar-refractivity contribution is -0.0343. The molecular formula is C24H26ClN5O2. The van der Waals surface area contributed by atoms with Gasteiger partial charge >= 0.3 is 0 Å². The lowest BCUT2D eigenvalue weighted by Gasteiger charge is -2.38. The van der Waals surface area contributed by atoms with Gasteiger partial charge in [0.15, 0.2) is 0 Å². The fraction of sp³-hybridized carbons (Fsp3) is 0.333. The molecule has 2 aliphatic rings. The number of carbonyl (C=O) groups is 1. The molecule has 0 atom stereocenters. The van der Waals surface area contributed by atoms with Crippen LogP contribution >= 0.6 is 11.6 Å². The van der Waals surface area contributed by atoms with Crippen LogP contribution in [0.4, 0.5) is 11.4 Å². The van der Waals surface area contributed by atoms with Gasteiger partial charge in [0, 0.05) is 74.2 Å². The Morgan fingerprint density at radius 2 is 2.03 bits per heavy atom. The lowest BCUT2D eigenvalue weighted by atomic mass is 10.0. The summed E-state index contributed by atoms with van der Waals surface area (Å²) in [7, 11) is 1.75. The van der Waals surface area contributed by atoms with Crippen LogP contribution in [0.3, 0.4) is 0 Å². The van der Waals surface area contributed by atoms with Crippen molar-refractivity contribution in [2.45, 2.75) is 26.1 Å². The van der Waals surface area contributed by atoms with Gasteiger partial charge < -0.3 is 19.9 Å². The monoisotopic (exact) mass is 451 g/mol. The highest BCUT2D eigenvalue weighted by molar-refractivity contribution is 6.31. The predicted molar refractivity (Wildman–Crippen MR) is 126 cm³/mol. The van der Waals surface area contributed by atoms with Crippen LogP contribution < -0.4 is 10.6 Å². The van der Waals surface area contributed by atoms with Gasteiger partial charge in [0.25, 0.3) is 5.91 Å². The zero-order valence-corrected chi connectivity index (χ0v) is 18.9. The Balaban J connectivity index is 1.67. The number of anilines is 2. The molecule has 2 aromatic heterocycles. The van der Waals surface area contributed by atoms with Crippen molar-refractivity contribution in [3.63, 3.8) is 0 Å². The van der Waals surface area contributed by atoms with E-state index in [2.05, 4.69) is 25.1 Å².